The predicted octanol–water partition coefficient (Wildman–Crippen LogP) is 3.55. The summed E-state index contributed by atoms with van der Waals surface area (Å²) in [5, 5.41) is 4.54. The number of carbonyl (C=O) groups is 1. The smallest absolute Gasteiger partial charge is 0.338 e. The van der Waals surface area contributed by atoms with E-state index in [2.05, 4.69) is 15.1 Å². The summed E-state index contributed by atoms with van der Waals surface area (Å²) in [6, 6.07) is 15.3. The summed E-state index contributed by atoms with van der Waals surface area (Å²) in [6.45, 7) is 3.79. The van der Waals surface area contributed by atoms with Crippen molar-refractivity contribution in [2.45, 2.75) is 19.8 Å². The normalized spacial score (nSPS) is 15.5. The number of fused-ring (bicyclic) bond motifs is 3. The van der Waals surface area contributed by atoms with Crippen LogP contribution in [0.25, 0.3) is 17.2 Å². The first kappa shape index (κ1) is 18.9. The average molecular weight is 413 g/mol. The number of ether oxygens (including phenoxy) is 2. The first-order valence-electron chi connectivity index (χ1n) is 9.94. The molecule has 4 heterocycles. The Hall–Kier alpha value is -4.07. The fourth-order valence-electron chi connectivity index (χ4n) is 3.79. The van der Waals surface area contributed by atoms with Crippen LogP contribution in [0, 0.1) is 0 Å². The van der Waals surface area contributed by atoms with Crippen LogP contribution in [0.1, 0.15) is 30.9 Å². The fraction of sp³-hybridized carbons (Fsp3) is 0.174. The Labute approximate surface area is 178 Å². The number of carbonyl (C=O) groups excluding carboxylic acids is 1. The molecule has 0 bridgehead atoms. The molecule has 4 aromatic rings. The maximum Gasteiger partial charge on any atom is 0.338 e. The van der Waals surface area contributed by atoms with E-state index in [1.54, 1.807) is 30.9 Å². The molecule has 0 amide bonds. The van der Waals surface area contributed by atoms with Gasteiger partial charge < -0.3 is 9.47 Å². The van der Waals surface area contributed by atoms with Crippen LogP contribution < -0.4 is 4.74 Å². The SMILES string of the molecule is CCOC(=O)C1=C(C)Oc2ncn3nc(-c4ccccn4)nc3c2[C@H]1c1ccccc1. The van der Waals surface area contributed by atoms with Gasteiger partial charge in [0, 0.05) is 6.20 Å². The van der Waals surface area contributed by atoms with E-state index < -0.39 is 11.9 Å². The van der Waals surface area contributed by atoms with Crippen LogP contribution in [-0.2, 0) is 9.53 Å². The maximum atomic E-state index is 12.9. The Morgan fingerprint density at radius 3 is 2.68 bits per heavy atom. The van der Waals surface area contributed by atoms with Crippen molar-refractivity contribution < 1.29 is 14.3 Å². The zero-order valence-electron chi connectivity index (χ0n) is 17.0. The van der Waals surface area contributed by atoms with Crippen molar-refractivity contribution in [1.29, 1.82) is 0 Å². The molecule has 0 unspecified atom stereocenters. The molecule has 1 atom stereocenters. The highest BCUT2D eigenvalue weighted by Gasteiger charge is 2.38. The largest absolute Gasteiger partial charge is 0.463 e. The minimum absolute atomic E-state index is 0.265. The van der Waals surface area contributed by atoms with Crippen molar-refractivity contribution in [3.63, 3.8) is 0 Å². The summed E-state index contributed by atoms with van der Waals surface area (Å²) in [5.74, 6) is 0.437. The molecule has 3 aromatic heterocycles. The first-order valence-corrected chi connectivity index (χ1v) is 9.94. The summed E-state index contributed by atoms with van der Waals surface area (Å²) in [4.78, 5) is 26.5. The lowest BCUT2D eigenvalue weighted by molar-refractivity contribution is -0.139. The van der Waals surface area contributed by atoms with E-state index in [-0.39, 0.29) is 6.61 Å². The van der Waals surface area contributed by atoms with Crippen molar-refractivity contribution >= 4 is 11.6 Å². The minimum atomic E-state index is -0.457. The second-order valence-corrected chi connectivity index (χ2v) is 7.02. The maximum absolute atomic E-state index is 12.9. The van der Waals surface area contributed by atoms with Gasteiger partial charge in [-0.3, -0.25) is 4.98 Å². The fourth-order valence-corrected chi connectivity index (χ4v) is 3.79. The van der Waals surface area contributed by atoms with Gasteiger partial charge >= 0.3 is 5.97 Å². The Morgan fingerprint density at radius 2 is 1.94 bits per heavy atom. The molecular formula is C23H19N5O3. The molecule has 1 aromatic carbocycles. The number of nitrogens with zero attached hydrogens (tertiary/aromatic N) is 5. The van der Waals surface area contributed by atoms with Gasteiger partial charge in [-0.05, 0) is 31.5 Å². The molecule has 0 spiro atoms. The number of hydrogen-bond donors (Lipinski definition) is 0. The van der Waals surface area contributed by atoms with Crippen LogP contribution in [-0.4, -0.2) is 37.1 Å². The van der Waals surface area contributed by atoms with E-state index >= 15 is 0 Å². The van der Waals surface area contributed by atoms with Crippen molar-refractivity contribution in [3.8, 4) is 17.4 Å². The van der Waals surface area contributed by atoms with E-state index in [4.69, 9.17) is 14.5 Å². The van der Waals surface area contributed by atoms with Gasteiger partial charge in [0.2, 0.25) is 11.7 Å². The molecule has 0 saturated heterocycles. The van der Waals surface area contributed by atoms with Crippen LogP contribution in [0.2, 0.25) is 0 Å². The molecule has 1 aliphatic heterocycles. The van der Waals surface area contributed by atoms with Gasteiger partial charge in [0.25, 0.3) is 0 Å². The first-order chi connectivity index (χ1) is 15.2. The van der Waals surface area contributed by atoms with Crippen LogP contribution >= 0.6 is 0 Å². The van der Waals surface area contributed by atoms with Crippen LogP contribution in [0.3, 0.4) is 0 Å². The third kappa shape index (κ3) is 3.22. The molecule has 8 nitrogen and oxygen atoms in total. The number of allylic oxidation sites excluding steroid dienone is 1. The summed E-state index contributed by atoms with van der Waals surface area (Å²) in [7, 11) is 0. The highest BCUT2D eigenvalue weighted by atomic mass is 16.5. The molecule has 0 aliphatic carbocycles. The van der Waals surface area contributed by atoms with Crippen molar-refractivity contribution in [1.82, 2.24) is 24.6 Å². The molecular weight excluding hydrogens is 394 g/mol. The number of rotatable bonds is 4. The summed E-state index contributed by atoms with van der Waals surface area (Å²) < 4.78 is 12.9. The van der Waals surface area contributed by atoms with E-state index in [1.165, 1.54) is 0 Å². The third-order valence-corrected chi connectivity index (χ3v) is 5.12. The Bertz CT molecular complexity index is 1300. The van der Waals surface area contributed by atoms with Gasteiger partial charge in [0.15, 0.2) is 5.65 Å². The number of esters is 1. The lowest BCUT2D eigenvalue weighted by Crippen LogP contribution is -2.24. The summed E-state index contributed by atoms with van der Waals surface area (Å²) >= 11 is 0. The zero-order valence-corrected chi connectivity index (χ0v) is 17.0. The highest BCUT2D eigenvalue weighted by molar-refractivity contribution is 5.93. The number of pyridine rings is 1. The van der Waals surface area contributed by atoms with E-state index in [0.29, 0.717) is 39.9 Å². The van der Waals surface area contributed by atoms with Gasteiger partial charge in [0.1, 0.15) is 17.8 Å². The number of aromatic nitrogens is 5. The van der Waals surface area contributed by atoms with Crippen molar-refractivity contribution in [2.75, 3.05) is 6.61 Å². The summed E-state index contributed by atoms with van der Waals surface area (Å²) in [6.07, 6.45) is 3.24. The second kappa shape index (κ2) is 7.64. The van der Waals surface area contributed by atoms with Crippen molar-refractivity contribution in [2.24, 2.45) is 0 Å². The molecule has 31 heavy (non-hydrogen) atoms. The van der Waals surface area contributed by atoms with Gasteiger partial charge in [-0.1, -0.05) is 36.4 Å². The number of benzene rings is 1. The highest BCUT2D eigenvalue weighted by Crippen LogP contribution is 2.44. The van der Waals surface area contributed by atoms with Gasteiger partial charge in [-0.15, -0.1) is 5.10 Å². The second-order valence-electron chi connectivity index (χ2n) is 7.02. The molecule has 0 saturated carbocycles. The summed E-state index contributed by atoms with van der Waals surface area (Å²) in [5.41, 5.74) is 3.20. The predicted molar refractivity (Wildman–Crippen MR) is 112 cm³/mol. The zero-order chi connectivity index (χ0) is 21.4. The Morgan fingerprint density at radius 1 is 1.13 bits per heavy atom. The van der Waals surface area contributed by atoms with E-state index in [9.17, 15) is 4.79 Å². The quantitative estimate of drug-likeness (QED) is 0.473. The average Bonchev–Trinajstić information content (AvgIpc) is 3.24. The standard InChI is InChI=1S/C23H19N5O3/c1-3-30-23(29)17-14(2)31-22-19(18(17)15-9-5-4-6-10-15)21-26-20(27-28(21)13-25-22)16-11-7-8-12-24-16/h4-13,18H,3H2,1-2H3/t18-/m0/s1. The van der Waals surface area contributed by atoms with Crippen LogP contribution in [0.5, 0.6) is 5.88 Å². The molecule has 154 valence electrons. The van der Waals surface area contributed by atoms with Crippen LogP contribution in [0.4, 0.5) is 0 Å². The third-order valence-electron chi connectivity index (χ3n) is 5.12. The van der Waals surface area contributed by atoms with E-state index in [1.807, 2.05) is 48.5 Å². The lowest BCUT2D eigenvalue weighted by Gasteiger charge is -2.28. The Balaban J connectivity index is 1.76. The van der Waals surface area contributed by atoms with Crippen LogP contribution in [0.15, 0.2) is 72.4 Å². The molecule has 1 aliphatic rings. The number of hydrogen-bond acceptors (Lipinski definition) is 7. The molecule has 0 N–H and O–H groups in total. The van der Waals surface area contributed by atoms with Crippen molar-refractivity contribution in [3.05, 3.63) is 83.5 Å². The molecule has 8 heteroatoms. The lowest BCUT2D eigenvalue weighted by atomic mass is 9.83. The Kier molecular flexibility index (Phi) is 4.66. The molecule has 5 rings (SSSR count). The van der Waals surface area contributed by atoms with Gasteiger partial charge in [-0.2, -0.15) is 0 Å². The van der Waals surface area contributed by atoms with E-state index in [0.717, 1.165) is 5.56 Å². The topological polar surface area (TPSA) is 91.5 Å². The van der Waals surface area contributed by atoms with Gasteiger partial charge in [-0.25, -0.2) is 19.3 Å². The molecule has 0 radical (unpaired) electrons. The minimum Gasteiger partial charge on any atom is -0.463 e. The monoisotopic (exact) mass is 413 g/mol. The van der Waals surface area contributed by atoms with Gasteiger partial charge in [0.05, 0.1) is 23.7 Å². The molecule has 0 fully saturated rings.